The maximum absolute atomic E-state index is 13.7. The molecule has 23 heavy (non-hydrogen) atoms. The number of benzene rings is 2. The normalized spacial score (nSPS) is 19.1. The lowest BCUT2D eigenvalue weighted by Crippen LogP contribution is -2.42. The van der Waals surface area contributed by atoms with Crippen molar-refractivity contribution in [1.29, 1.82) is 0 Å². The molecule has 1 heterocycles. The summed E-state index contributed by atoms with van der Waals surface area (Å²) in [6.45, 7) is 3.03. The van der Waals surface area contributed by atoms with Gasteiger partial charge in [-0.3, -0.25) is 4.90 Å². The second kappa shape index (κ2) is 6.04. The summed E-state index contributed by atoms with van der Waals surface area (Å²) >= 11 is 0. The average molecular weight is 323 g/mol. The molecule has 1 fully saturated rings. The molecular formula is C18H20F3NO. The van der Waals surface area contributed by atoms with Gasteiger partial charge >= 0.3 is 6.18 Å². The van der Waals surface area contributed by atoms with Crippen molar-refractivity contribution in [3.8, 4) is 5.75 Å². The lowest BCUT2D eigenvalue weighted by Gasteiger charge is -2.37. The Balaban J connectivity index is 1.98. The minimum absolute atomic E-state index is 0.114. The van der Waals surface area contributed by atoms with Crippen LogP contribution in [-0.4, -0.2) is 29.3 Å². The molecule has 2 aromatic carbocycles. The van der Waals surface area contributed by atoms with Crippen LogP contribution in [-0.2, 0) is 0 Å². The lowest BCUT2D eigenvalue weighted by atomic mass is 9.94. The molecule has 1 saturated heterocycles. The SMILES string of the molecule is CC1CCN(C(c2ccc3cc(O)ccc3c2)C(F)(F)F)CC1. The van der Waals surface area contributed by atoms with E-state index in [4.69, 9.17) is 0 Å². The molecule has 1 unspecified atom stereocenters. The fourth-order valence-electron chi connectivity index (χ4n) is 3.32. The van der Waals surface area contributed by atoms with Crippen molar-refractivity contribution in [3.05, 3.63) is 42.0 Å². The van der Waals surface area contributed by atoms with Gasteiger partial charge in [0, 0.05) is 0 Å². The van der Waals surface area contributed by atoms with Crippen molar-refractivity contribution in [2.45, 2.75) is 32.0 Å². The Bertz CT molecular complexity index is 690. The number of fused-ring (bicyclic) bond motifs is 1. The van der Waals surface area contributed by atoms with Gasteiger partial charge in [-0.2, -0.15) is 13.2 Å². The summed E-state index contributed by atoms with van der Waals surface area (Å²) in [5, 5.41) is 10.9. The zero-order chi connectivity index (χ0) is 16.6. The third kappa shape index (κ3) is 3.44. The van der Waals surface area contributed by atoms with E-state index in [2.05, 4.69) is 6.92 Å². The first-order valence-corrected chi connectivity index (χ1v) is 7.88. The monoisotopic (exact) mass is 323 g/mol. The smallest absolute Gasteiger partial charge is 0.408 e. The molecule has 3 rings (SSSR count). The summed E-state index contributed by atoms with van der Waals surface area (Å²) in [6.07, 6.45) is -2.70. The molecule has 1 atom stereocenters. The van der Waals surface area contributed by atoms with Crippen molar-refractivity contribution >= 4 is 10.8 Å². The van der Waals surface area contributed by atoms with Gasteiger partial charge in [-0.1, -0.05) is 25.1 Å². The van der Waals surface area contributed by atoms with Crippen LogP contribution in [0.4, 0.5) is 13.2 Å². The van der Waals surface area contributed by atoms with Crippen LogP contribution in [0.3, 0.4) is 0 Å². The largest absolute Gasteiger partial charge is 0.508 e. The number of hydrogen-bond donors (Lipinski definition) is 1. The van der Waals surface area contributed by atoms with Crippen LogP contribution in [0.1, 0.15) is 31.4 Å². The molecule has 0 aromatic heterocycles. The van der Waals surface area contributed by atoms with Gasteiger partial charge in [0.05, 0.1) is 0 Å². The highest BCUT2D eigenvalue weighted by molar-refractivity contribution is 5.84. The molecule has 0 amide bonds. The van der Waals surface area contributed by atoms with Crippen LogP contribution >= 0.6 is 0 Å². The number of phenols is 1. The van der Waals surface area contributed by atoms with E-state index in [0.29, 0.717) is 24.4 Å². The van der Waals surface area contributed by atoms with Crippen molar-refractivity contribution < 1.29 is 18.3 Å². The van der Waals surface area contributed by atoms with Crippen molar-refractivity contribution in [3.63, 3.8) is 0 Å². The highest BCUT2D eigenvalue weighted by Gasteiger charge is 2.45. The number of aromatic hydroxyl groups is 1. The molecule has 1 aliphatic rings. The topological polar surface area (TPSA) is 23.5 Å². The van der Waals surface area contributed by atoms with Gasteiger partial charge < -0.3 is 5.11 Å². The molecular weight excluding hydrogens is 303 g/mol. The molecule has 0 bridgehead atoms. The summed E-state index contributed by atoms with van der Waals surface area (Å²) < 4.78 is 41.0. The van der Waals surface area contributed by atoms with Gasteiger partial charge in [0.25, 0.3) is 0 Å². The number of hydrogen-bond acceptors (Lipinski definition) is 2. The third-order valence-electron chi connectivity index (χ3n) is 4.66. The van der Waals surface area contributed by atoms with Gasteiger partial charge in [0.15, 0.2) is 0 Å². The molecule has 0 radical (unpaired) electrons. The van der Waals surface area contributed by atoms with Crippen LogP contribution < -0.4 is 0 Å². The van der Waals surface area contributed by atoms with E-state index in [9.17, 15) is 18.3 Å². The minimum Gasteiger partial charge on any atom is -0.508 e. The first-order valence-electron chi connectivity index (χ1n) is 7.88. The van der Waals surface area contributed by atoms with E-state index < -0.39 is 12.2 Å². The molecule has 5 heteroatoms. The minimum atomic E-state index is -4.30. The van der Waals surface area contributed by atoms with Gasteiger partial charge in [-0.15, -0.1) is 0 Å². The summed E-state index contributed by atoms with van der Waals surface area (Å²) in [5.41, 5.74) is 0.269. The molecule has 0 aliphatic carbocycles. The molecule has 2 nitrogen and oxygen atoms in total. The number of halogens is 3. The van der Waals surface area contributed by atoms with Gasteiger partial charge in [-0.05, 0) is 66.4 Å². The average Bonchev–Trinajstić information content (AvgIpc) is 2.48. The zero-order valence-corrected chi connectivity index (χ0v) is 13.0. The molecule has 1 N–H and O–H groups in total. The molecule has 0 saturated carbocycles. The standard InChI is InChI=1S/C18H20F3NO/c1-12-6-8-22(9-7-12)17(18(19,20)21)15-3-2-14-11-16(23)5-4-13(14)10-15/h2-5,10-12,17,23H,6-9H2,1H3. The molecule has 1 aliphatic heterocycles. The maximum atomic E-state index is 13.7. The van der Waals surface area contributed by atoms with E-state index in [1.54, 1.807) is 29.2 Å². The Morgan fingerprint density at radius 1 is 1.04 bits per heavy atom. The molecule has 2 aromatic rings. The van der Waals surface area contributed by atoms with Crippen LogP contribution in [0.5, 0.6) is 5.75 Å². The second-order valence-corrected chi connectivity index (χ2v) is 6.45. The summed E-state index contributed by atoms with van der Waals surface area (Å²) in [6, 6.07) is 7.91. The van der Waals surface area contributed by atoms with E-state index in [0.717, 1.165) is 18.2 Å². The number of phenolic OH excluding ortho intramolecular Hbond substituents is 1. The van der Waals surface area contributed by atoms with Crippen molar-refractivity contribution in [2.24, 2.45) is 5.92 Å². The Labute approximate surface area is 133 Å². The quantitative estimate of drug-likeness (QED) is 0.851. The summed E-state index contributed by atoms with van der Waals surface area (Å²) in [7, 11) is 0. The predicted molar refractivity (Wildman–Crippen MR) is 84.4 cm³/mol. The van der Waals surface area contributed by atoms with Crippen LogP contribution in [0, 0.1) is 5.92 Å². The third-order valence-corrected chi connectivity index (χ3v) is 4.66. The molecule has 124 valence electrons. The maximum Gasteiger partial charge on any atom is 0.408 e. The van der Waals surface area contributed by atoms with E-state index in [1.807, 2.05) is 0 Å². The number of nitrogens with zero attached hydrogens (tertiary/aromatic N) is 1. The molecule has 0 spiro atoms. The fraction of sp³-hybridized carbons (Fsp3) is 0.444. The number of alkyl halides is 3. The Morgan fingerprint density at radius 2 is 1.65 bits per heavy atom. The Morgan fingerprint density at radius 3 is 2.30 bits per heavy atom. The van der Waals surface area contributed by atoms with Gasteiger partial charge in [0.2, 0.25) is 0 Å². The first kappa shape index (κ1) is 16.1. The van der Waals surface area contributed by atoms with E-state index in [1.165, 1.54) is 12.1 Å². The second-order valence-electron chi connectivity index (χ2n) is 6.45. The zero-order valence-electron chi connectivity index (χ0n) is 13.0. The highest BCUT2D eigenvalue weighted by Crippen LogP contribution is 2.40. The van der Waals surface area contributed by atoms with Crippen LogP contribution in [0.2, 0.25) is 0 Å². The van der Waals surface area contributed by atoms with Crippen LogP contribution in [0.25, 0.3) is 10.8 Å². The Hall–Kier alpha value is -1.75. The van der Waals surface area contributed by atoms with E-state index >= 15 is 0 Å². The van der Waals surface area contributed by atoms with E-state index in [-0.39, 0.29) is 11.3 Å². The lowest BCUT2D eigenvalue weighted by molar-refractivity contribution is -0.189. The first-order chi connectivity index (χ1) is 10.8. The summed E-state index contributed by atoms with van der Waals surface area (Å²) in [4.78, 5) is 1.54. The van der Waals surface area contributed by atoms with Crippen molar-refractivity contribution in [1.82, 2.24) is 4.90 Å². The summed E-state index contributed by atoms with van der Waals surface area (Å²) in [5.74, 6) is 0.599. The predicted octanol–water partition coefficient (Wildman–Crippen LogP) is 4.88. The number of likely N-dealkylation sites (tertiary alicyclic amines) is 1. The van der Waals surface area contributed by atoms with Gasteiger partial charge in [-0.25, -0.2) is 0 Å². The Kier molecular flexibility index (Phi) is 4.23. The van der Waals surface area contributed by atoms with Gasteiger partial charge in [0.1, 0.15) is 11.8 Å². The van der Waals surface area contributed by atoms with Crippen LogP contribution in [0.15, 0.2) is 36.4 Å². The number of piperidine rings is 1. The number of rotatable bonds is 2. The van der Waals surface area contributed by atoms with Crippen molar-refractivity contribution in [2.75, 3.05) is 13.1 Å². The fourth-order valence-corrected chi connectivity index (χ4v) is 3.32. The highest BCUT2D eigenvalue weighted by atomic mass is 19.4.